The largest absolute Gasteiger partial charge is 0.462 e. The first kappa shape index (κ1) is 75.4. The maximum atomic E-state index is 13.0. The Morgan fingerprint density at radius 2 is 0.500 bits per heavy atom. The van der Waals surface area contributed by atoms with Gasteiger partial charge in [-0.3, -0.25) is 14.4 Å². The van der Waals surface area contributed by atoms with Crippen molar-refractivity contribution < 1.29 is 28.6 Å². The molecule has 0 bridgehead atoms. The predicted molar refractivity (Wildman–Crippen MR) is 339 cm³/mol. The van der Waals surface area contributed by atoms with E-state index in [0.29, 0.717) is 19.3 Å². The molecule has 0 aromatic heterocycles. The molecule has 0 N–H and O–H groups in total. The number of carbonyl (C=O) groups excluding carboxylic acids is 3. The van der Waals surface area contributed by atoms with Crippen molar-refractivity contribution in [3.63, 3.8) is 0 Å². The van der Waals surface area contributed by atoms with Crippen molar-refractivity contribution in [3.05, 3.63) is 48.6 Å². The van der Waals surface area contributed by atoms with Gasteiger partial charge in [0, 0.05) is 19.3 Å². The second kappa shape index (κ2) is 66.9. The maximum Gasteiger partial charge on any atom is 0.306 e. The third-order valence-electron chi connectivity index (χ3n) is 15.6. The van der Waals surface area contributed by atoms with E-state index in [4.69, 9.17) is 14.2 Å². The van der Waals surface area contributed by atoms with Crippen LogP contribution in [0.2, 0.25) is 0 Å². The van der Waals surface area contributed by atoms with Gasteiger partial charge in [-0.25, -0.2) is 0 Å². The van der Waals surface area contributed by atoms with Crippen LogP contribution in [0.4, 0.5) is 0 Å². The highest BCUT2D eigenvalue weighted by atomic mass is 16.6. The van der Waals surface area contributed by atoms with Crippen molar-refractivity contribution in [1.29, 1.82) is 0 Å². The van der Waals surface area contributed by atoms with Gasteiger partial charge in [-0.05, 0) is 57.8 Å². The molecule has 0 heterocycles. The van der Waals surface area contributed by atoms with Crippen LogP contribution >= 0.6 is 0 Å². The summed E-state index contributed by atoms with van der Waals surface area (Å²) >= 11 is 0. The molecular weight excluding hydrogens is 961 g/mol. The summed E-state index contributed by atoms with van der Waals surface area (Å²) in [6.45, 7) is 6.60. The lowest BCUT2D eigenvalue weighted by Crippen LogP contribution is -2.30. The molecule has 0 aliphatic carbocycles. The van der Waals surface area contributed by atoms with Gasteiger partial charge in [0.05, 0.1) is 0 Å². The lowest BCUT2D eigenvalue weighted by atomic mass is 10.0. The third-order valence-corrected chi connectivity index (χ3v) is 15.6. The van der Waals surface area contributed by atoms with Crippen LogP contribution in [0.3, 0.4) is 0 Å². The number of carbonyl (C=O) groups is 3. The zero-order valence-electron chi connectivity index (χ0n) is 52.5. The molecule has 0 radical (unpaired) electrons. The van der Waals surface area contributed by atoms with Gasteiger partial charge in [-0.15, -0.1) is 0 Å². The van der Waals surface area contributed by atoms with Crippen LogP contribution in [0.1, 0.15) is 374 Å². The van der Waals surface area contributed by atoms with E-state index in [1.54, 1.807) is 0 Å². The van der Waals surface area contributed by atoms with Gasteiger partial charge in [-0.1, -0.05) is 345 Å². The molecule has 0 saturated heterocycles. The van der Waals surface area contributed by atoms with E-state index in [9.17, 15) is 14.4 Å². The summed E-state index contributed by atoms with van der Waals surface area (Å²) in [5.41, 5.74) is 0. The Kier molecular flexibility index (Phi) is 64.6. The van der Waals surface area contributed by atoms with Crippen molar-refractivity contribution in [2.45, 2.75) is 380 Å². The number of hydrogen-bond acceptors (Lipinski definition) is 6. The number of unbranched alkanes of at least 4 members (excludes halogenated alkanes) is 45. The zero-order chi connectivity index (χ0) is 56.4. The average Bonchev–Trinajstić information content (AvgIpc) is 3.44. The van der Waals surface area contributed by atoms with Crippen LogP contribution in [0, 0.1) is 0 Å². The zero-order valence-corrected chi connectivity index (χ0v) is 52.5. The normalized spacial score (nSPS) is 12.3. The highest BCUT2D eigenvalue weighted by molar-refractivity contribution is 5.71. The summed E-state index contributed by atoms with van der Waals surface area (Å²) in [7, 11) is 0. The van der Waals surface area contributed by atoms with Crippen LogP contribution in [0.25, 0.3) is 0 Å². The topological polar surface area (TPSA) is 78.9 Å². The minimum absolute atomic E-state index is 0.0683. The van der Waals surface area contributed by atoms with Gasteiger partial charge in [0.2, 0.25) is 0 Å². The highest BCUT2D eigenvalue weighted by Gasteiger charge is 2.19. The van der Waals surface area contributed by atoms with Crippen LogP contribution in [0.15, 0.2) is 48.6 Å². The number of allylic oxidation sites excluding steroid dienone is 8. The summed E-state index contributed by atoms with van der Waals surface area (Å²) in [4.78, 5) is 38.4. The fourth-order valence-electron chi connectivity index (χ4n) is 10.4. The van der Waals surface area contributed by atoms with E-state index in [1.807, 2.05) is 0 Å². The molecule has 1 unspecified atom stereocenters. The number of hydrogen-bond donors (Lipinski definition) is 0. The first-order valence-electron chi connectivity index (χ1n) is 34.6. The van der Waals surface area contributed by atoms with Crippen molar-refractivity contribution in [1.82, 2.24) is 0 Å². The highest BCUT2D eigenvalue weighted by Crippen LogP contribution is 2.18. The van der Waals surface area contributed by atoms with Crippen molar-refractivity contribution in [2.24, 2.45) is 0 Å². The fourth-order valence-corrected chi connectivity index (χ4v) is 10.4. The molecule has 0 aromatic carbocycles. The van der Waals surface area contributed by atoms with Gasteiger partial charge in [0.1, 0.15) is 13.2 Å². The minimum atomic E-state index is -0.772. The summed E-state index contributed by atoms with van der Waals surface area (Å²) in [5.74, 6) is -0.844. The second-order valence-corrected chi connectivity index (χ2v) is 23.4. The van der Waals surface area contributed by atoms with Crippen molar-refractivity contribution in [2.75, 3.05) is 13.2 Å². The molecule has 78 heavy (non-hydrogen) atoms. The van der Waals surface area contributed by atoms with Gasteiger partial charge in [0.25, 0.3) is 0 Å². The molecule has 0 fully saturated rings. The Bertz CT molecular complexity index is 1350. The van der Waals surface area contributed by atoms with Crippen molar-refractivity contribution in [3.8, 4) is 0 Å². The maximum absolute atomic E-state index is 13.0. The Morgan fingerprint density at radius 1 is 0.269 bits per heavy atom. The summed E-state index contributed by atoms with van der Waals surface area (Å²) in [6, 6.07) is 0. The molecular formula is C72H132O6. The first-order chi connectivity index (χ1) is 38.5. The van der Waals surface area contributed by atoms with Crippen LogP contribution in [-0.4, -0.2) is 37.2 Å². The Labute approximate surface area is 486 Å². The molecule has 0 spiro atoms. The Hall–Kier alpha value is -2.63. The van der Waals surface area contributed by atoms with E-state index in [0.717, 1.165) is 83.5 Å². The van der Waals surface area contributed by atoms with Crippen LogP contribution in [-0.2, 0) is 28.6 Å². The lowest BCUT2D eigenvalue weighted by Gasteiger charge is -2.18. The summed E-state index contributed by atoms with van der Waals surface area (Å²) in [6.07, 6.45) is 84.2. The number of rotatable bonds is 64. The molecule has 6 heteroatoms. The fraction of sp³-hybridized carbons (Fsp3) is 0.847. The third kappa shape index (κ3) is 64.2. The van der Waals surface area contributed by atoms with Crippen LogP contribution < -0.4 is 0 Å². The molecule has 456 valence electrons. The minimum Gasteiger partial charge on any atom is -0.462 e. The molecule has 1 atom stereocenters. The smallest absolute Gasteiger partial charge is 0.306 e. The van der Waals surface area contributed by atoms with Crippen molar-refractivity contribution >= 4 is 17.9 Å². The van der Waals surface area contributed by atoms with Gasteiger partial charge in [-0.2, -0.15) is 0 Å². The van der Waals surface area contributed by atoms with E-state index in [1.165, 1.54) is 250 Å². The van der Waals surface area contributed by atoms with E-state index >= 15 is 0 Å². The van der Waals surface area contributed by atoms with E-state index in [2.05, 4.69) is 69.4 Å². The molecule has 6 nitrogen and oxygen atoms in total. The monoisotopic (exact) mass is 1090 g/mol. The molecule has 0 amide bonds. The van der Waals surface area contributed by atoms with Gasteiger partial charge >= 0.3 is 17.9 Å². The lowest BCUT2D eigenvalue weighted by molar-refractivity contribution is -0.167. The average molecular weight is 1090 g/mol. The quantitative estimate of drug-likeness (QED) is 0.0261. The van der Waals surface area contributed by atoms with Gasteiger partial charge in [0.15, 0.2) is 6.10 Å². The van der Waals surface area contributed by atoms with Gasteiger partial charge < -0.3 is 14.2 Å². The number of esters is 3. The number of ether oxygens (including phenoxy) is 3. The van der Waals surface area contributed by atoms with E-state index in [-0.39, 0.29) is 31.1 Å². The van der Waals surface area contributed by atoms with E-state index < -0.39 is 6.10 Å². The SMILES string of the molecule is CC/C=C\C/C=C\C/C=C\C/C=C\CCCCCCCCCCCCC(=O)OCC(COC(=O)CCCCCCCCCCCCCCCC)OC(=O)CCCCCCCCCCCCCCCCCCCCCCCCC. The van der Waals surface area contributed by atoms with Crippen LogP contribution in [0.5, 0.6) is 0 Å². The second-order valence-electron chi connectivity index (χ2n) is 23.4. The molecule has 0 rings (SSSR count). The molecule has 0 aromatic rings. The Morgan fingerprint density at radius 3 is 0.782 bits per heavy atom. The Balaban J connectivity index is 4.27. The standard InChI is InChI=1S/C72H132O6/c1-4-7-10-13-16-19-22-25-28-30-32-34-36-38-40-42-44-47-50-53-56-59-62-65-71(74)77-68-69(67-76-70(73)64-61-58-55-52-49-46-27-24-21-18-15-12-9-6-3)78-72(75)66-63-60-57-54-51-48-45-43-41-39-37-35-33-31-29-26-23-20-17-14-11-8-5-2/h7,10,16,19,25,28,32,34,69H,4-6,8-9,11-15,17-18,20-24,26-27,29-31,33,35-68H2,1-3H3/b10-7-,19-16-,28-25-,34-32-. The molecule has 0 saturated carbocycles. The molecule has 0 aliphatic heterocycles. The molecule has 0 aliphatic rings. The summed E-state index contributed by atoms with van der Waals surface area (Å²) < 4.78 is 17.0. The predicted octanol–water partition coefficient (Wildman–Crippen LogP) is 23.7. The summed E-state index contributed by atoms with van der Waals surface area (Å²) in [5, 5.41) is 0. The first-order valence-corrected chi connectivity index (χ1v) is 34.6.